The molecular formula is C8H5Cl2IN2PbS2. The standard InChI is InChI=1S/C6H5Cl2I.2CHNS.Pb/c7-9(8)6-4-2-1-3-5-6;2*2-1-3;/h1-5H;2*3H;/q;;;+2/p-2. The van der Waals surface area contributed by atoms with Crippen molar-refractivity contribution in [2.24, 2.45) is 0 Å². The van der Waals surface area contributed by atoms with Crippen molar-refractivity contribution in [3.8, 4) is 10.8 Å². The van der Waals surface area contributed by atoms with Gasteiger partial charge in [0.1, 0.15) is 0 Å². The van der Waals surface area contributed by atoms with E-state index < -0.39 is 38.8 Å². The van der Waals surface area contributed by atoms with Gasteiger partial charge in [-0.1, -0.05) is 0 Å². The second-order valence-electron chi connectivity index (χ2n) is 1.96. The Morgan fingerprint density at radius 2 is 1.56 bits per heavy atom. The molecule has 16 heavy (non-hydrogen) atoms. The van der Waals surface area contributed by atoms with Gasteiger partial charge in [0.05, 0.1) is 0 Å². The van der Waals surface area contributed by atoms with Crippen molar-refractivity contribution in [1.82, 2.24) is 0 Å². The van der Waals surface area contributed by atoms with Gasteiger partial charge in [0.25, 0.3) is 0 Å². The zero-order valence-electron chi connectivity index (χ0n) is 7.73. The SMILES string of the molecule is ClI(Cl)c1ccccc1.N#C[S][Pb][S]C#N. The molecule has 0 aliphatic rings. The molecule has 0 saturated carbocycles. The van der Waals surface area contributed by atoms with Crippen LogP contribution in [0.15, 0.2) is 30.3 Å². The molecule has 0 saturated heterocycles. The molecule has 1 aromatic carbocycles. The summed E-state index contributed by atoms with van der Waals surface area (Å²) in [7, 11) is 14.0. The summed E-state index contributed by atoms with van der Waals surface area (Å²) in [6.45, 7) is 0. The molecule has 84 valence electrons. The second kappa shape index (κ2) is 12.6. The van der Waals surface area contributed by atoms with E-state index in [1.54, 1.807) is 0 Å². The molecule has 0 aliphatic carbocycles. The van der Waals surface area contributed by atoms with Crippen LogP contribution in [0.5, 0.6) is 0 Å². The summed E-state index contributed by atoms with van der Waals surface area (Å²) in [5.41, 5.74) is 0. The van der Waals surface area contributed by atoms with Gasteiger partial charge in [-0.3, -0.25) is 0 Å². The number of halogens is 3. The predicted molar refractivity (Wildman–Crippen MR) is 83.0 cm³/mol. The van der Waals surface area contributed by atoms with E-state index in [1.165, 1.54) is 16.6 Å². The van der Waals surface area contributed by atoms with Gasteiger partial charge in [-0.05, 0) is 0 Å². The molecule has 0 aliphatic heterocycles. The molecule has 2 nitrogen and oxygen atoms in total. The summed E-state index contributed by atoms with van der Waals surface area (Å²) in [6, 6.07) is 9.78. The van der Waals surface area contributed by atoms with Gasteiger partial charge in [0.2, 0.25) is 0 Å². The Hall–Kier alpha value is 1.13. The third-order valence-corrected chi connectivity index (χ3v) is 13.8. The van der Waals surface area contributed by atoms with Crippen molar-refractivity contribution in [2.75, 3.05) is 0 Å². The quantitative estimate of drug-likeness (QED) is 0.221. The van der Waals surface area contributed by atoms with Crippen LogP contribution in [0.4, 0.5) is 0 Å². The first kappa shape index (κ1) is 17.1. The summed E-state index contributed by atoms with van der Waals surface area (Å²) >= 11 is -2.62. The van der Waals surface area contributed by atoms with Crippen LogP contribution in [0, 0.1) is 24.9 Å². The Bertz CT molecular complexity index is 353. The summed E-state index contributed by atoms with van der Waals surface area (Å²) in [6.07, 6.45) is 0. The van der Waals surface area contributed by atoms with E-state index >= 15 is 0 Å². The van der Waals surface area contributed by atoms with E-state index in [9.17, 15) is 0 Å². The number of thiocyanates is 2. The topological polar surface area (TPSA) is 47.6 Å². The van der Waals surface area contributed by atoms with E-state index in [-0.39, 0.29) is 0 Å². The summed E-state index contributed by atoms with van der Waals surface area (Å²) in [5, 5.41) is 19.7. The van der Waals surface area contributed by atoms with Crippen molar-refractivity contribution < 1.29 is 0 Å². The van der Waals surface area contributed by atoms with Crippen LogP contribution in [-0.2, 0) is 0 Å². The Morgan fingerprint density at radius 3 is 1.88 bits per heavy atom. The Balaban J connectivity index is 0.000000293. The Labute approximate surface area is 126 Å². The molecule has 1 aromatic rings. The van der Waals surface area contributed by atoms with Crippen LogP contribution in [-0.4, -0.2) is 21.2 Å². The molecule has 8 heteroatoms. The molecule has 0 bridgehead atoms. The molecule has 2 radical (unpaired) electrons. The average Bonchev–Trinajstić information content (AvgIpc) is 2.32. The van der Waals surface area contributed by atoms with Gasteiger partial charge in [-0.2, -0.15) is 0 Å². The molecule has 0 atom stereocenters. The maximum atomic E-state index is 7.93. The minimum absolute atomic E-state index is 0.888. The third-order valence-electron chi connectivity index (χ3n) is 1.07. The van der Waals surface area contributed by atoms with Crippen molar-refractivity contribution >= 4 is 73.2 Å². The molecule has 0 spiro atoms. The van der Waals surface area contributed by atoms with E-state index in [2.05, 4.69) is 0 Å². The zero-order valence-corrected chi connectivity index (χ0v) is 16.9. The minimum atomic E-state index is -1.74. The summed E-state index contributed by atoms with van der Waals surface area (Å²) in [4.78, 5) is 0. The maximum absolute atomic E-state index is 7.93. The number of benzene rings is 1. The fourth-order valence-corrected chi connectivity index (χ4v) is 7.34. The first-order valence-corrected chi connectivity index (χ1v) is 21.3. The van der Waals surface area contributed by atoms with Gasteiger partial charge in [0, 0.05) is 0 Å². The fraction of sp³-hybridized carbons (Fsp3) is 0. The molecule has 0 fully saturated rings. The molecule has 0 N–H and O–H groups in total. The second-order valence-corrected chi connectivity index (χ2v) is 21.2. The number of rotatable bonds is 3. The summed E-state index contributed by atoms with van der Waals surface area (Å²) < 4.78 is 1.10. The van der Waals surface area contributed by atoms with Gasteiger partial charge >= 0.3 is 128 Å². The van der Waals surface area contributed by atoms with Gasteiger partial charge in [0.15, 0.2) is 0 Å². The van der Waals surface area contributed by atoms with Crippen LogP contribution < -0.4 is 0 Å². The average molecular weight is 598 g/mol. The van der Waals surface area contributed by atoms with Crippen molar-refractivity contribution in [3.63, 3.8) is 0 Å². The van der Waals surface area contributed by atoms with Crippen molar-refractivity contribution in [1.29, 1.82) is 10.5 Å². The monoisotopic (exact) mass is 598 g/mol. The van der Waals surface area contributed by atoms with E-state index in [0.29, 0.717) is 0 Å². The van der Waals surface area contributed by atoms with Crippen LogP contribution in [0.25, 0.3) is 0 Å². The predicted octanol–water partition coefficient (Wildman–Crippen LogP) is 4.62. The normalized spacial score (nSPS) is 9.12. The molecule has 1 rings (SSSR count). The van der Waals surface area contributed by atoms with Crippen LogP contribution in [0.2, 0.25) is 0 Å². The van der Waals surface area contributed by atoms with Crippen molar-refractivity contribution in [3.05, 3.63) is 33.9 Å². The molecule has 0 unspecified atom stereocenters. The first-order valence-electron chi connectivity index (χ1n) is 3.65. The van der Waals surface area contributed by atoms with Crippen molar-refractivity contribution in [2.45, 2.75) is 0 Å². The van der Waals surface area contributed by atoms with E-state index in [0.717, 1.165) is 3.57 Å². The number of nitrogens with zero attached hydrogens (tertiary/aromatic N) is 2. The third kappa shape index (κ3) is 10.3. The number of nitriles is 2. The molecule has 0 aromatic heterocycles. The van der Waals surface area contributed by atoms with E-state index in [4.69, 9.17) is 28.3 Å². The van der Waals surface area contributed by atoms with Gasteiger partial charge in [-0.25, -0.2) is 0 Å². The van der Waals surface area contributed by atoms with Gasteiger partial charge < -0.3 is 0 Å². The summed E-state index contributed by atoms with van der Waals surface area (Å²) in [5.74, 6) is 0. The Morgan fingerprint density at radius 1 is 1.06 bits per heavy atom. The number of hydrogen-bond donors (Lipinski definition) is 0. The molecular weight excluding hydrogens is 593 g/mol. The fourth-order valence-electron chi connectivity index (χ4n) is 0.568. The van der Waals surface area contributed by atoms with Gasteiger partial charge in [-0.15, -0.1) is 0 Å². The first-order chi connectivity index (χ1) is 7.72. The van der Waals surface area contributed by atoms with Crippen LogP contribution in [0.1, 0.15) is 0 Å². The molecule has 0 heterocycles. The zero-order chi connectivity index (χ0) is 12.2. The molecule has 0 amide bonds. The number of hydrogen-bond acceptors (Lipinski definition) is 4. The Kier molecular flexibility index (Phi) is 13.5. The van der Waals surface area contributed by atoms with Crippen LogP contribution in [0.3, 0.4) is 0 Å². The van der Waals surface area contributed by atoms with Crippen LogP contribution >= 0.6 is 52.0 Å². The van der Waals surface area contributed by atoms with E-state index in [1.807, 2.05) is 41.1 Å².